The molecule has 0 saturated carbocycles. The van der Waals surface area contributed by atoms with Crippen molar-refractivity contribution in [3.05, 3.63) is 28.7 Å². The lowest BCUT2D eigenvalue weighted by Crippen LogP contribution is -2.39. The minimum absolute atomic E-state index is 0.0141. The first kappa shape index (κ1) is 14.2. The Balaban J connectivity index is 1.96. The molecule has 19 heavy (non-hydrogen) atoms. The summed E-state index contributed by atoms with van der Waals surface area (Å²) in [6.07, 6.45) is 3.40. The van der Waals surface area contributed by atoms with Crippen LogP contribution in [-0.2, 0) is 11.2 Å². The van der Waals surface area contributed by atoms with Crippen LogP contribution >= 0.6 is 11.3 Å². The highest BCUT2D eigenvalue weighted by molar-refractivity contribution is 7.09. The molecule has 4 nitrogen and oxygen atoms in total. The summed E-state index contributed by atoms with van der Waals surface area (Å²) in [6.45, 7) is 8.67. The van der Waals surface area contributed by atoms with Gasteiger partial charge in [-0.15, -0.1) is 17.9 Å². The third-order valence-corrected chi connectivity index (χ3v) is 3.92. The quantitative estimate of drug-likeness (QED) is 0.843. The standard InChI is InChI=1S/C14H20N2O2S/c1-4-12-10(5-6-18-12)16-14(17)11-8-19-13(15-11)7-9(2)3/h4,8-10,12H,1,5-7H2,2-3H3,(H,16,17)/t10-,12+/m1/s1. The van der Waals surface area contributed by atoms with Gasteiger partial charge in [0.15, 0.2) is 0 Å². The largest absolute Gasteiger partial charge is 0.372 e. The highest BCUT2D eigenvalue weighted by Crippen LogP contribution is 2.17. The maximum Gasteiger partial charge on any atom is 0.271 e. The number of carbonyl (C=O) groups excluding carboxylic acids is 1. The van der Waals surface area contributed by atoms with Crippen molar-refractivity contribution in [2.24, 2.45) is 5.92 Å². The van der Waals surface area contributed by atoms with E-state index < -0.39 is 0 Å². The van der Waals surface area contributed by atoms with Gasteiger partial charge in [0.2, 0.25) is 0 Å². The summed E-state index contributed by atoms with van der Waals surface area (Å²) < 4.78 is 5.46. The number of rotatable bonds is 5. The molecular weight excluding hydrogens is 260 g/mol. The van der Waals surface area contributed by atoms with Crippen LogP contribution in [0.25, 0.3) is 0 Å². The smallest absolute Gasteiger partial charge is 0.271 e. The summed E-state index contributed by atoms with van der Waals surface area (Å²) in [4.78, 5) is 16.5. The summed E-state index contributed by atoms with van der Waals surface area (Å²) in [6, 6.07) is 0.0141. The van der Waals surface area contributed by atoms with Crippen molar-refractivity contribution < 1.29 is 9.53 Å². The number of carbonyl (C=O) groups is 1. The van der Waals surface area contributed by atoms with Gasteiger partial charge in [0.05, 0.1) is 17.2 Å². The summed E-state index contributed by atoms with van der Waals surface area (Å²) in [5.41, 5.74) is 0.510. The van der Waals surface area contributed by atoms with Crippen LogP contribution in [0.5, 0.6) is 0 Å². The number of ether oxygens (including phenoxy) is 1. The topological polar surface area (TPSA) is 51.2 Å². The Morgan fingerprint density at radius 2 is 2.53 bits per heavy atom. The van der Waals surface area contributed by atoms with Crippen LogP contribution in [-0.4, -0.2) is 29.6 Å². The lowest BCUT2D eigenvalue weighted by molar-refractivity contribution is 0.0896. The first-order valence-electron chi connectivity index (χ1n) is 6.59. The van der Waals surface area contributed by atoms with Gasteiger partial charge in [0, 0.05) is 18.4 Å². The predicted molar refractivity (Wildman–Crippen MR) is 76.5 cm³/mol. The Bertz CT molecular complexity index is 456. The van der Waals surface area contributed by atoms with E-state index in [1.807, 2.05) is 5.38 Å². The SMILES string of the molecule is C=C[C@@H]1OCC[C@H]1NC(=O)c1csc(CC(C)C)n1. The van der Waals surface area contributed by atoms with Crippen molar-refractivity contribution in [1.82, 2.24) is 10.3 Å². The van der Waals surface area contributed by atoms with Gasteiger partial charge in [-0.25, -0.2) is 4.98 Å². The van der Waals surface area contributed by atoms with Gasteiger partial charge in [-0.3, -0.25) is 4.79 Å². The molecule has 0 radical (unpaired) electrons. The second kappa shape index (κ2) is 6.30. The number of hydrogen-bond acceptors (Lipinski definition) is 4. The normalized spacial score (nSPS) is 22.7. The van der Waals surface area contributed by atoms with Gasteiger partial charge in [-0.05, 0) is 12.3 Å². The number of nitrogens with one attached hydrogen (secondary N) is 1. The van der Waals surface area contributed by atoms with Crippen molar-refractivity contribution in [3.63, 3.8) is 0 Å². The Kier molecular flexibility index (Phi) is 4.71. The molecule has 1 amide bonds. The maximum absolute atomic E-state index is 12.1. The average molecular weight is 280 g/mol. The van der Waals surface area contributed by atoms with E-state index in [0.717, 1.165) is 17.8 Å². The van der Waals surface area contributed by atoms with E-state index in [4.69, 9.17) is 4.74 Å². The molecular formula is C14H20N2O2S. The average Bonchev–Trinajstić information content (AvgIpc) is 2.97. The summed E-state index contributed by atoms with van der Waals surface area (Å²) >= 11 is 1.55. The Morgan fingerprint density at radius 1 is 1.74 bits per heavy atom. The molecule has 2 heterocycles. The van der Waals surface area contributed by atoms with Gasteiger partial charge < -0.3 is 10.1 Å². The molecule has 1 aliphatic heterocycles. The van der Waals surface area contributed by atoms with Gasteiger partial charge in [0.1, 0.15) is 5.69 Å². The zero-order valence-electron chi connectivity index (χ0n) is 11.4. The number of hydrogen-bond donors (Lipinski definition) is 1. The summed E-state index contributed by atoms with van der Waals surface area (Å²) in [7, 11) is 0. The summed E-state index contributed by atoms with van der Waals surface area (Å²) in [5.74, 6) is 0.434. The van der Waals surface area contributed by atoms with E-state index in [0.29, 0.717) is 18.2 Å². The first-order valence-corrected chi connectivity index (χ1v) is 7.47. The highest BCUT2D eigenvalue weighted by atomic mass is 32.1. The number of amides is 1. The minimum Gasteiger partial charge on any atom is -0.372 e. The zero-order chi connectivity index (χ0) is 13.8. The monoisotopic (exact) mass is 280 g/mol. The van der Waals surface area contributed by atoms with Crippen molar-refractivity contribution >= 4 is 17.2 Å². The highest BCUT2D eigenvalue weighted by Gasteiger charge is 2.27. The van der Waals surface area contributed by atoms with Crippen molar-refractivity contribution in [1.29, 1.82) is 0 Å². The Morgan fingerprint density at radius 3 is 3.21 bits per heavy atom. The molecule has 0 unspecified atom stereocenters. The Labute approximate surface area is 117 Å². The van der Waals surface area contributed by atoms with Gasteiger partial charge in [0.25, 0.3) is 5.91 Å². The van der Waals surface area contributed by atoms with Gasteiger partial charge >= 0.3 is 0 Å². The molecule has 1 N–H and O–H groups in total. The van der Waals surface area contributed by atoms with E-state index in [1.165, 1.54) is 0 Å². The van der Waals surface area contributed by atoms with Crippen LogP contribution in [0.1, 0.15) is 35.8 Å². The molecule has 0 bridgehead atoms. The minimum atomic E-state index is -0.117. The van der Waals surface area contributed by atoms with E-state index in [9.17, 15) is 4.79 Å². The van der Waals surface area contributed by atoms with E-state index in [1.54, 1.807) is 17.4 Å². The Hall–Kier alpha value is -1.20. The number of nitrogens with zero attached hydrogens (tertiary/aromatic N) is 1. The van der Waals surface area contributed by atoms with Crippen LogP contribution in [0.15, 0.2) is 18.0 Å². The van der Waals surface area contributed by atoms with Gasteiger partial charge in [-0.2, -0.15) is 0 Å². The van der Waals surface area contributed by atoms with Crippen LogP contribution in [0, 0.1) is 5.92 Å². The third kappa shape index (κ3) is 3.64. The summed E-state index contributed by atoms with van der Waals surface area (Å²) in [5, 5.41) is 5.81. The molecule has 2 rings (SSSR count). The van der Waals surface area contributed by atoms with E-state index >= 15 is 0 Å². The second-order valence-corrected chi connectivity index (χ2v) is 6.11. The number of aromatic nitrogens is 1. The molecule has 5 heteroatoms. The van der Waals surface area contributed by atoms with E-state index in [2.05, 4.69) is 30.7 Å². The lowest BCUT2D eigenvalue weighted by atomic mass is 10.1. The number of thiazole rings is 1. The van der Waals surface area contributed by atoms with E-state index in [-0.39, 0.29) is 18.1 Å². The lowest BCUT2D eigenvalue weighted by Gasteiger charge is -2.15. The second-order valence-electron chi connectivity index (χ2n) is 5.16. The first-order chi connectivity index (χ1) is 9.10. The molecule has 0 aliphatic carbocycles. The zero-order valence-corrected chi connectivity index (χ0v) is 12.2. The fourth-order valence-corrected chi connectivity index (χ4v) is 3.09. The third-order valence-electron chi connectivity index (χ3n) is 3.05. The molecule has 1 saturated heterocycles. The molecule has 2 atom stereocenters. The van der Waals surface area contributed by atoms with Crippen LogP contribution in [0.4, 0.5) is 0 Å². The fourth-order valence-electron chi connectivity index (χ4n) is 2.10. The molecule has 1 fully saturated rings. The van der Waals surface area contributed by atoms with Crippen LogP contribution in [0.2, 0.25) is 0 Å². The molecule has 1 aromatic heterocycles. The fraction of sp³-hybridized carbons (Fsp3) is 0.571. The molecule has 104 valence electrons. The van der Waals surface area contributed by atoms with Crippen molar-refractivity contribution in [3.8, 4) is 0 Å². The molecule has 1 aliphatic rings. The molecule has 1 aromatic rings. The molecule has 0 aromatic carbocycles. The van der Waals surface area contributed by atoms with Crippen molar-refractivity contribution in [2.75, 3.05) is 6.61 Å². The van der Waals surface area contributed by atoms with Crippen LogP contribution < -0.4 is 5.32 Å². The van der Waals surface area contributed by atoms with Gasteiger partial charge in [-0.1, -0.05) is 19.9 Å². The van der Waals surface area contributed by atoms with Crippen LogP contribution in [0.3, 0.4) is 0 Å². The molecule has 0 spiro atoms. The van der Waals surface area contributed by atoms with Crippen molar-refractivity contribution in [2.45, 2.75) is 38.8 Å². The predicted octanol–water partition coefficient (Wildman–Crippen LogP) is 2.41. The maximum atomic E-state index is 12.1.